The average molecular weight is 358 g/mol. The van der Waals surface area contributed by atoms with Crippen LogP contribution in [0.1, 0.15) is 27.9 Å². The number of rotatable bonds is 2. The summed E-state index contributed by atoms with van der Waals surface area (Å²) in [5, 5.41) is 5.15. The molecule has 0 aromatic carbocycles. The fourth-order valence-electron chi connectivity index (χ4n) is 3.20. The van der Waals surface area contributed by atoms with Gasteiger partial charge in [-0.1, -0.05) is 0 Å². The third-order valence-electron chi connectivity index (χ3n) is 4.51. The zero-order chi connectivity index (χ0) is 17.6. The van der Waals surface area contributed by atoms with E-state index in [9.17, 15) is 9.59 Å². The van der Waals surface area contributed by atoms with Gasteiger partial charge in [-0.3, -0.25) is 14.0 Å². The number of carbonyl (C=O) groups excluding carboxylic acids is 1. The van der Waals surface area contributed by atoms with E-state index in [0.29, 0.717) is 24.6 Å². The van der Waals surface area contributed by atoms with Crippen LogP contribution in [0.4, 0.5) is 0 Å². The molecular formula is C16H18N6O2S. The summed E-state index contributed by atoms with van der Waals surface area (Å²) in [6.07, 6.45) is 4.96. The molecule has 1 unspecified atom stereocenters. The molecule has 1 atom stereocenters. The summed E-state index contributed by atoms with van der Waals surface area (Å²) in [4.78, 5) is 36.9. The minimum Gasteiger partial charge on any atom is -0.336 e. The van der Waals surface area contributed by atoms with Gasteiger partial charge in [0.25, 0.3) is 11.5 Å². The van der Waals surface area contributed by atoms with E-state index in [1.54, 1.807) is 11.1 Å². The minimum atomic E-state index is -0.314. The number of hydrogen-bond acceptors (Lipinski definition) is 6. The van der Waals surface area contributed by atoms with Crippen molar-refractivity contribution in [1.29, 1.82) is 0 Å². The molecule has 25 heavy (non-hydrogen) atoms. The molecule has 4 rings (SSSR count). The number of piperazine rings is 1. The number of nitrogens with zero attached hydrogens (tertiary/aromatic N) is 5. The fourth-order valence-corrected chi connectivity index (χ4v) is 4.03. The molecule has 9 heteroatoms. The Bertz CT molecular complexity index is 1000. The van der Waals surface area contributed by atoms with Crippen molar-refractivity contribution in [3.05, 3.63) is 51.4 Å². The van der Waals surface area contributed by atoms with Gasteiger partial charge in [-0.05, 0) is 6.92 Å². The summed E-state index contributed by atoms with van der Waals surface area (Å²) < 4.78 is 3.39. The zero-order valence-electron chi connectivity index (χ0n) is 14.0. The molecule has 130 valence electrons. The van der Waals surface area contributed by atoms with Crippen LogP contribution >= 0.6 is 11.3 Å². The second-order valence-electron chi connectivity index (χ2n) is 6.09. The van der Waals surface area contributed by atoms with E-state index in [4.69, 9.17) is 0 Å². The number of aryl methyl sites for hydroxylation is 2. The summed E-state index contributed by atoms with van der Waals surface area (Å²) in [5.74, 6) is 0.494. The highest BCUT2D eigenvalue weighted by Gasteiger charge is 2.32. The average Bonchev–Trinajstić information content (AvgIpc) is 3.21. The standard InChI is InChI=1S/C16H18N6O2S/c1-10-9-25-16-19-7-11(15(24)22(10)16)14(23)21-6-3-17-8-12(21)13-18-4-5-20(13)2/h4-5,7,9,12,17H,3,6,8H2,1-2H3. The molecule has 3 aromatic heterocycles. The summed E-state index contributed by atoms with van der Waals surface area (Å²) in [7, 11) is 1.90. The maximum atomic E-state index is 13.1. The van der Waals surface area contributed by atoms with Crippen LogP contribution in [0, 0.1) is 6.92 Å². The molecule has 1 aliphatic rings. The molecule has 8 nitrogen and oxygen atoms in total. The van der Waals surface area contributed by atoms with E-state index in [0.717, 1.165) is 11.5 Å². The molecule has 3 aromatic rings. The molecule has 1 saturated heterocycles. The van der Waals surface area contributed by atoms with Gasteiger partial charge >= 0.3 is 0 Å². The summed E-state index contributed by atoms with van der Waals surface area (Å²) in [6.45, 7) is 3.63. The molecule has 1 fully saturated rings. The monoisotopic (exact) mass is 358 g/mol. The first-order chi connectivity index (χ1) is 12.1. The highest BCUT2D eigenvalue weighted by atomic mass is 32.1. The predicted octanol–water partition coefficient (Wildman–Crippen LogP) is 0.585. The van der Waals surface area contributed by atoms with Gasteiger partial charge in [-0.25, -0.2) is 9.97 Å². The molecule has 1 amide bonds. The van der Waals surface area contributed by atoms with E-state index in [-0.39, 0.29) is 23.1 Å². The molecule has 0 radical (unpaired) electrons. The van der Waals surface area contributed by atoms with Crippen LogP contribution in [0.25, 0.3) is 4.96 Å². The topological polar surface area (TPSA) is 84.5 Å². The molecule has 0 saturated carbocycles. The Labute approximate surface area is 147 Å². The number of nitrogens with one attached hydrogen (secondary N) is 1. The van der Waals surface area contributed by atoms with E-state index >= 15 is 0 Å². The Kier molecular flexibility index (Phi) is 3.89. The Morgan fingerprint density at radius 3 is 3.00 bits per heavy atom. The van der Waals surface area contributed by atoms with Crippen LogP contribution in [0.2, 0.25) is 0 Å². The van der Waals surface area contributed by atoms with E-state index in [2.05, 4.69) is 15.3 Å². The maximum Gasteiger partial charge on any atom is 0.271 e. The number of hydrogen-bond donors (Lipinski definition) is 1. The van der Waals surface area contributed by atoms with Gasteiger partial charge in [-0.2, -0.15) is 0 Å². The number of carbonyl (C=O) groups is 1. The highest BCUT2D eigenvalue weighted by molar-refractivity contribution is 7.15. The highest BCUT2D eigenvalue weighted by Crippen LogP contribution is 2.22. The number of imidazole rings is 1. The second kappa shape index (κ2) is 6.08. The van der Waals surface area contributed by atoms with Crippen LogP contribution in [0.3, 0.4) is 0 Å². The van der Waals surface area contributed by atoms with Crippen LogP contribution < -0.4 is 10.9 Å². The van der Waals surface area contributed by atoms with Crippen LogP contribution in [0.15, 0.2) is 28.8 Å². The van der Waals surface area contributed by atoms with Crippen molar-refractivity contribution in [2.45, 2.75) is 13.0 Å². The first kappa shape index (κ1) is 16.0. The number of thiazole rings is 1. The largest absolute Gasteiger partial charge is 0.336 e. The fraction of sp³-hybridized carbons (Fsp3) is 0.375. The first-order valence-electron chi connectivity index (χ1n) is 8.02. The maximum absolute atomic E-state index is 13.1. The van der Waals surface area contributed by atoms with Crippen molar-refractivity contribution in [2.75, 3.05) is 19.6 Å². The van der Waals surface area contributed by atoms with Gasteiger partial charge < -0.3 is 14.8 Å². The van der Waals surface area contributed by atoms with E-state index < -0.39 is 0 Å². The van der Waals surface area contributed by atoms with E-state index in [1.807, 2.05) is 30.1 Å². The molecule has 4 heterocycles. The lowest BCUT2D eigenvalue weighted by molar-refractivity contribution is 0.0618. The number of fused-ring (bicyclic) bond motifs is 1. The lowest BCUT2D eigenvalue weighted by Gasteiger charge is -2.35. The van der Waals surface area contributed by atoms with Crippen LogP contribution in [-0.2, 0) is 7.05 Å². The SMILES string of the molecule is Cc1csc2ncc(C(=O)N3CCNCC3c3nccn3C)c(=O)n12. The minimum absolute atomic E-state index is 0.0973. The van der Waals surface area contributed by atoms with Crippen molar-refractivity contribution < 1.29 is 4.79 Å². The van der Waals surface area contributed by atoms with Crippen molar-refractivity contribution >= 4 is 22.2 Å². The Morgan fingerprint density at radius 2 is 2.24 bits per heavy atom. The van der Waals surface area contributed by atoms with Gasteiger partial charge in [0.1, 0.15) is 17.4 Å². The molecule has 0 aliphatic carbocycles. The third kappa shape index (κ3) is 2.56. The molecular weight excluding hydrogens is 340 g/mol. The predicted molar refractivity (Wildman–Crippen MR) is 93.9 cm³/mol. The van der Waals surface area contributed by atoms with Gasteiger partial charge in [0, 0.05) is 56.3 Å². The molecule has 0 bridgehead atoms. The Morgan fingerprint density at radius 1 is 1.40 bits per heavy atom. The van der Waals surface area contributed by atoms with Gasteiger partial charge in [-0.15, -0.1) is 11.3 Å². The van der Waals surface area contributed by atoms with Crippen molar-refractivity contribution in [3.63, 3.8) is 0 Å². The lowest BCUT2D eigenvalue weighted by Crippen LogP contribution is -2.50. The van der Waals surface area contributed by atoms with Gasteiger partial charge in [0.15, 0.2) is 4.96 Å². The Balaban J connectivity index is 1.76. The molecule has 1 aliphatic heterocycles. The van der Waals surface area contributed by atoms with Crippen LogP contribution in [-0.4, -0.2) is 49.4 Å². The normalized spacial score (nSPS) is 18.0. The van der Waals surface area contributed by atoms with Crippen molar-refractivity contribution in [2.24, 2.45) is 7.05 Å². The second-order valence-corrected chi connectivity index (χ2v) is 6.92. The number of aromatic nitrogens is 4. The molecule has 0 spiro atoms. The smallest absolute Gasteiger partial charge is 0.271 e. The third-order valence-corrected chi connectivity index (χ3v) is 5.47. The van der Waals surface area contributed by atoms with Crippen molar-refractivity contribution in [1.82, 2.24) is 29.2 Å². The quantitative estimate of drug-likeness (QED) is 0.725. The summed E-state index contributed by atoms with van der Waals surface area (Å²) in [5.41, 5.74) is 0.569. The zero-order valence-corrected chi connectivity index (χ0v) is 14.8. The lowest BCUT2D eigenvalue weighted by atomic mass is 10.1. The molecule has 1 N–H and O–H groups in total. The Hall–Kier alpha value is -2.52. The summed E-state index contributed by atoms with van der Waals surface area (Å²) in [6, 6.07) is -0.218. The number of amides is 1. The van der Waals surface area contributed by atoms with Crippen LogP contribution in [0.5, 0.6) is 0 Å². The van der Waals surface area contributed by atoms with Crippen molar-refractivity contribution in [3.8, 4) is 0 Å². The first-order valence-corrected chi connectivity index (χ1v) is 8.90. The van der Waals surface area contributed by atoms with Gasteiger partial charge in [0.05, 0.1) is 0 Å². The summed E-state index contributed by atoms with van der Waals surface area (Å²) >= 11 is 1.39. The van der Waals surface area contributed by atoms with Gasteiger partial charge in [0.2, 0.25) is 0 Å². The van der Waals surface area contributed by atoms with E-state index in [1.165, 1.54) is 21.9 Å².